The molecule has 0 radical (unpaired) electrons. The fourth-order valence-electron chi connectivity index (χ4n) is 5.18. The van der Waals surface area contributed by atoms with Crippen LogP contribution in [0.1, 0.15) is 44.7 Å². The van der Waals surface area contributed by atoms with Gasteiger partial charge in [-0.05, 0) is 50.5 Å². The predicted molar refractivity (Wildman–Crippen MR) is 145 cm³/mol. The summed E-state index contributed by atoms with van der Waals surface area (Å²) < 4.78 is 31.8. The van der Waals surface area contributed by atoms with Crippen LogP contribution in [0.25, 0.3) is 11.4 Å². The Balaban J connectivity index is 1.75. The summed E-state index contributed by atoms with van der Waals surface area (Å²) in [5.74, 6) is 0.983. The third-order valence-electron chi connectivity index (χ3n) is 7.22. The Morgan fingerprint density at radius 3 is 2.55 bits per heavy atom. The van der Waals surface area contributed by atoms with E-state index in [9.17, 15) is 18.3 Å². The molecule has 1 saturated heterocycles. The number of rotatable bonds is 10. The average molecular weight is 548 g/mol. The van der Waals surface area contributed by atoms with Crippen LogP contribution in [0.15, 0.2) is 30.3 Å². The fourth-order valence-corrected chi connectivity index (χ4v) is 7.42. The first-order valence-corrected chi connectivity index (χ1v) is 14.8. The predicted octanol–water partition coefficient (Wildman–Crippen LogP) is 2.05. The minimum Gasteiger partial charge on any atom is -0.396 e. The van der Waals surface area contributed by atoms with Crippen molar-refractivity contribution in [2.75, 3.05) is 55.5 Å². The summed E-state index contributed by atoms with van der Waals surface area (Å²) in [4.78, 5) is 23.8. The summed E-state index contributed by atoms with van der Waals surface area (Å²) in [5.41, 5.74) is 1.75. The summed E-state index contributed by atoms with van der Waals surface area (Å²) >= 11 is 0. The fraction of sp³-hybridized carbons (Fsp3) is 0.577. The van der Waals surface area contributed by atoms with Gasteiger partial charge in [-0.3, -0.25) is 0 Å². The quantitative estimate of drug-likeness (QED) is 0.350. The molecule has 11 nitrogen and oxygen atoms in total. The molecule has 12 heteroatoms. The van der Waals surface area contributed by atoms with Gasteiger partial charge in [-0.1, -0.05) is 12.8 Å². The third-order valence-corrected chi connectivity index (χ3v) is 9.85. The molecule has 1 aliphatic carbocycles. The van der Waals surface area contributed by atoms with Gasteiger partial charge < -0.3 is 30.5 Å². The largest absolute Gasteiger partial charge is 0.396 e. The lowest BCUT2D eigenvalue weighted by Crippen LogP contribution is -2.44. The lowest BCUT2D eigenvalue weighted by molar-refractivity contribution is 0.0985. The molecule has 2 amide bonds. The van der Waals surface area contributed by atoms with Gasteiger partial charge in [0.05, 0.1) is 37.3 Å². The van der Waals surface area contributed by atoms with E-state index in [0.29, 0.717) is 61.2 Å². The number of hydrogen-bond donors (Lipinski definition) is 4. The first-order chi connectivity index (χ1) is 18.3. The number of aliphatic hydroxyl groups is 2. The monoisotopic (exact) mass is 547 g/mol. The molecule has 0 unspecified atom stereocenters. The molecule has 1 aliphatic heterocycles. The highest BCUT2D eigenvalue weighted by atomic mass is 32.2. The molecule has 2 heterocycles. The molecule has 1 atom stereocenters. The van der Waals surface area contributed by atoms with Gasteiger partial charge in [0, 0.05) is 37.0 Å². The molecule has 4 N–H and O–H groups in total. The number of urea groups is 1. The third kappa shape index (κ3) is 6.09. The second kappa shape index (κ2) is 12.4. The molecular formula is C26H37N5O6S. The van der Waals surface area contributed by atoms with Crippen LogP contribution in [-0.2, 0) is 19.3 Å². The van der Waals surface area contributed by atoms with E-state index in [2.05, 4.69) is 15.5 Å². The molecular weight excluding hydrogens is 510 g/mol. The summed E-state index contributed by atoms with van der Waals surface area (Å²) in [6.45, 7) is 3.60. The number of ether oxygens (including phenoxy) is 1. The Bertz CT molecular complexity index is 1200. The van der Waals surface area contributed by atoms with Gasteiger partial charge in [0.2, 0.25) is 0 Å². The standard InChI is InChI=1S/C26H37N5O6S/c1-19-18-37-15-12-31(19)23-17-22(26(9-2-3-10-26)38(35,36)16-4-13-32)29-24(30-23)20-5-7-21(8-6-20)28-25(34)27-11-14-33/h5-8,17,19,32-33H,2-4,9-16,18H2,1H3,(H2,27,28,34)/t19-/m0/s1. The van der Waals surface area contributed by atoms with Gasteiger partial charge in [-0.2, -0.15) is 0 Å². The minimum atomic E-state index is -3.59. The number of nitrogens with zero attached hydrogens (tertiary/aromatic N) is 3. The van der Waals surface area contributed by atoms with E-state index in [4.69, 9.17) is 19.8 Å². The zero-order chi connectivity index (χ0) is 27.2. The van der Waals surface area contributed by atoms with Crippen molar-refractivity contribution in [1.29, 1.82) is 0 Å². The van der Waals surface area contributed by atoms with E-state index in [1.54, 1.807) is 24.3 Å². The Morgan fingerprint density at radius 1 is 1.16 bits per heavy atom. The van der Waals surface area contributed by atoms with Crippen LogP contribution in [0.3, 0.4) is 0 Å². The minimum absolute atomic E-state index is 0.0638. The molecule has 1 aromatic heterocycles. The van der Waals surface area contributed by atoms with E-state index < -0.39 is 20.6 Å². The smallest absolute Gasteiger partial charge is 0.319 e. The Hall–Kier alpha value is -2.80. The first-order valence-electron chi connectivity index (χ1n) is 13.1. The number of aliphatic hydroxyl groups excluding tert-OH is 2. The summed E-state index contributed by atoms with van der Waals surface area (Å²) in [7, 11) is -3.59. The van der Waals surface area contributed by atoms with Crippen molar-refractivity contribution in [3.63, 3.8) is 0 Å². The summed E-state index contributed by atoms with van der Waals surface area (Å²) in [6.07, 6.45) is 2.75. The second-order valence-corrected chi connectivity index (χ2v) is 12.3. The SMILES string of the molecule is C[C@H]1COCCN1c1cc(C2(S(=O)(=O)CCCO)CCCC2)nc(-c2ccc(NC(=O)NCCO)cc2)n1. The van der Waals surface area contributed by atoms with Crippen molar-refractivity contribution < 1.29 is 28.2 Å². The van der Waals surface area contributed by atoms with Crippen molar-refractivity contribution in [1.82, 2.24) is 15.3 Å². The van der Waals surface area contributed by atoms with E-state index in [1.165, 1.54) is 0 Å². The van der Waals surface area contributed by atoms with Crippen molar-refractivity contribution in [3.8, 4) is 11.4 Å². The van der Waals surface area contributed by atoms with Crippen LogP contribution in [0.4, 0.5) is 16.3 Å². The van der Waals surface area contributed by atoms with Crippen LogP contribution in [-0.4, -0.2) is 85.9 Å². The molecule has 2 aromatic rings. The van der Waals surface area contributed by atoms with Crippen molar-refractivity contribution >= 4 is 27.4 Å². The topological polar surface area (TPSA) is 154 Å². The maximum Gasteiger partial charge on any atom is 0.319 e. The van der Waals surface area contributed by atoms with Crippen LogP contribution in [0.2, 0.25) is 0 Å². The van der Waals surface area contributed by atoms with Crippen molar-refractivity contribution in [2.24, 2.45) is 0 Å². The number of anilines is 2. The van der Waals surface area contributed by atoms with Crippen LogP contribution in [0.5, 0.6) is 0 Å². The van der Waals surface area contributed by atoms with Crippen LogP contribution < -0.4 is 15.5 Å². The summed E-state index contributed by atoms with van der Waals surface area (Å²) in [6, 6.07) is 8.49. The Morgan fingerprint density at radius 2 is 1.89 bits per heavy atom. The van der Waals surface area contributed by atoms with Crippen LogP contribution >= 0.6 is 0 Å². The molecule has 208 valence electrons. The molecule has 2 aliphatic rings. The number of nitrogens with one attached hydrogen (secondary N) is 2. The number of carbonyl (C=O) groups excluding carboxylic acids is 1. The number of benzene rings is 1. The van der Waals surface area contributed by atoms with E-state index in [0.717, 1.165) is 12.8 Å². The van der Waals surface area contributed by atoms with Gasteiger partial charge in [0.15, 0.2) is 15.7 Å². The lowest BCUT2D eigenvalue weighted by atomic mass is 10.0. The Kier molecular flexibility index (Phi) is 9.19. The molecule has 0 spiro atoms. The van der Waals surface area contributed by atoms with Gasteiger partial charge in [-0.15, -0.1) is 0 Å². The number of morpholine rings is 1. The normalized spacial score (nSPS) is 19.3. The van der Waals surface area contributed by atoms with Crippen molar-refractivity contribution in [3.05, 3.63) is 36.0 Å². The number of amides is 2. The molecule has 1 saturated carbocycles. The molecule has 4 rings (SSSR count). The van der Waals surface area contributed by atoms with Crippen LogP contribution in [0, 0.1) is 0 Å². The van der Waals surface area contributed by atoms with Gasteiger partial charge in [-0.25, -0.2) is 23.2 Å². The zero-order valence-electron chi connectivity index (χ0n) is 21.7. The molecule has 1 aromatic carbocycles. The molecule has 2 fully saturated rings. The number of aromatic nitrogens is 2. The van der Waals surface area contributed by atoms with E-state index in [-0.39, 0.29) is 38.0 Å². The Labute approximate surface area is 223 Å². The molecule has 0 bridgehead atoms. The first kappa shape index (κ1) is 28.2. The maximum absolute atomic E-state index is 13.7. The lowest BCUT2D eigenvalue weighted by Gasteiger charge is -2.36. The van der Waals surface area contributed by atoms with E-state index in [1.807, 2.05) is 13.0 Å². The number of carbonyl (C=O) groups is 1. The maximum atomic E-state index is 13.7. The van der Waals surface area contributed by atoms with Gasteiger partial charge >= 0.3 is 6.03 Å². The highest BCUT2D eigenvalue weighted by molar-refractivity contribution is 7.92. The molecule has 38 heavy (non-hydrogen) atoms. The number of sulfone groups is 1. The highest BCUT2D eigenvalue weighted by Crippen LogP contribution is 2.46. The number of hydrogen-bond acceptors (Lipinski definition) is 9. The average Bonchev–Trinajstić information content (AvgIpc) is 3.43. The van der Waals surface area contributed by atoms with Crippen molar-refractivity contribution in [2.45, 2.75) is 49.8 Å². The second-order valence-electron chi connectivity index (χ2n) is 9.83. The van der Waals surface area contributed by atoms with Gasteiger partial charge in [0.1, 0.15) is 10.6 Å². The van der Waals surface area contributed by atoms with Gasteiger partial charge in [0.25, 0.3) is 0 Å². The zero-order valence-corrected chi connectivity index (χ0v) is 22.5. The van der Waals surface area contributed by atoms with E-state index >= 15 is 0 Å². The highest BCUT2D eigenvalue weighted by Gasteiger charge is 2.48. The summed E-state index contributed by atoms with van der Waals surface area (Å²) in [5, 5.41) is 23.4.